The summed E-state index contributed by atoms with van der Waals surface area (Å²) in [5, 5.41) is 7.02. The number of hydrazone groups is 1. The highest BCUT2D eigenvalue weighted by Crippen LogP contribution is 2.28. The van der Waals surface area contributed by atoms with Crippen LogP contribution in [0.2, 0.25) is 0 Å². The Bertz CT molecular complexity index is 989. The van der Waals surface area contributed by atoms with Gasteiger partial charge in [-0.15, -0.1) is 0 Å². The number of hydrogen-bond acceptors (Lipinski definition) is 7. The minimum atomic E-state index is -0.302. The van der Waals surface area contributed by atoms with Crippen molar-refractivity contribution in [3.63, 3.8) is 0 Å². The summed E-state index contributed by atoms with van der Waals surface area (Å²) in [4.78, 5) is 26.3. The number of carbonyl (C=O) groups excluding carboxylic acids is 2. The van der Waals surface area contributed by atoms with Crippen LogP contribution in [-0.4, -0.2) is 62.9 Å². The summed E-state index contributed by atoms with van der Waals surface area (Å²) in [6.07, 6.45) is 4.76. The Kier molecular flexibility index (Phi) is 9.57. The summed E-state index contributed by atoms with van der Waals surface area (Å²) < 4.78 is 16.7. The molecule has 34 heavy (non-hydrogen) atoms. The van der Waals surface area contributed by atoms with Gasteiger partial charge in [0.2, 0.25) is 0 Å². The molecule has 0 spiro atoms. The van der Waals surface area contributed by atoms with Gasteiger partial charge in [-0.1, -0.05) is 12.1 Å². The molecular weight excluding hydrogens is 436 g/mol. The lowest BCUT2D eigenvalue weighted by atomic mass is 10.1. The molecule has 1 heterocycles. The molecular formula is C25H32N4O5. The van der Waals surface area contributed by atoms with Gasteiger partial charge >= 0.3 is 0 Å². The quantitative estimate of drug-likeness (QED) is 0.388. The van der Waals surface area contributed by atoms with E-state index in [1.165, 1.54) is 12.6 Å². The van der Waals surface area contributed by atoms with E-state index in [0.717, 1.165) is 37.2 Å². The summed E-state index contributed by atoms with van der Waals surface area (Å²) in [7, 11) is 1.57. The molecule has 2 amide bonds. The van der Waals surface area contributed by atoms with Crippen LogP contribution in [0.5, 0.6) is 17.2 Å². The fraction of sp³-hybridized carbons (Fsp3) is 0.400. The van der Waals surface area contributed by atoms with Gasteiger partial charge in [-0.3, -0.25) is 9.59 Å². The van der Waals surface area contributed by atoms with E-state index in [1.54, 1.807) is 25.3 Å². The lowest BCUT2D eigenvalue weighted by Gasteiger charge is -2.26. The summed E-state index contributed by atoms with van der Waals surface area (Å²) in [6.45, 7) is 3.91. The Hall–Kier alpha value is -3.75. The molecule has 1 aliphatic rings. The van der Waals surface area contributed by atoms with Crippen molar-refractivity contribution in [3.05, 3.63) is 48.0 Å². The number of nitrogens with zero attached hydrogens (tertiary/aromatic N) is 2. The molecule has 0 bridgehead atoms. The average Bonchev–Trinajstić information content (AvgIpc) is 2.87. The molecule has 1 fully saturated rings. The third-order valence-electron chi connectivity index (χ3n) is 5.28. The lowest BCUT2D eigenvalue weighted by molar-refractivity contribution is -0.134. The zero-order valence-corrected chi connectivity index (χ0v) is 19.7. The first-order valence-electron chi connectivity index (χ1n) is 11.5. The van der Waals surface area contributed by atoms with Gasteiger partial charge in [0.1, 0.15) is 5.75 Å². The Morgan fingerprint density at radius 1 is 1.03 bits per heavy atom. The number of likely N-dealkylation sites (tertiary alicyclic amines) is 1. The third-order valence-corrected chi connectivity index (χ3v) is 5.28. The molecule has 9 nitrogen and oxygen atoms in total. The molecule has 0 radical (unpaired) electrons. The Morgan fingerprint density at radius 2 is 1.82 bits per heavy atom. The van der Waals surface area contributed by atoms with Gasteiger partial charge in [-0.05, 0) is 62.1 Å². The minimum absolute atomic E-state index is 0.0165. The zero-order chi connectivity index (χ0) is 24.2. The highest BCUT2D eigenvalue weighted by molar-refractivity contribution is 5.85. The van der Waals surface area contributed by atoms with Crippen molar-refractivity contribution in [2.24, 2.45) is 5.10 Å². The molecule has 0 saturated carbocycles. The standard InChI is InChI=1S/C25H32N4O5/c1-3-33-23-15-19(11-12-22(23)34-18-25(31)29-13-7-4-8-14-29)16-27-28-24(30)17-26-20-9-5-6-10-21(20)32-2/h5-6,9-12,15-16,26H,3-4,7-8,13-14,17-18H2,1-2H3,(H,28,30)/b27-16+. The SMILES string of the molecule is CCOc1cc(/C=N/NC(=O)CNc2ccccc2OC)ccc1OCC(=O)N1CCCCC1. The van der Waals surface area contributed by atoms with E-state index in [4.69, 9.17) is 14.2 Å². The second kappa shape index (κ2) is 13.1. The van der Waals surface area contributed by atoms with E-state index in [1.807, 2.05) is 36.1 Å². The first-order chi connectivity index (χ1) is 16.6. The van der Waals surface area contributed by atoms with Crippen molar-refractivity contribution in [2.45, 2.75) is 26.2 Å². The number of hydrogen-bond donors (Lipinski definition) is 2. The van der Waals surface area contributed by atoms with Crippen molar-refractivity contribution in [1.82, 2.24) is 10.3 Å². The summed E-state index contributed by atoms with van der Waals surface area (Å²) in [5.74, 6) is 1.35. The Labute approximate surface area is 200 Å². The van der Waals surface area contributed by atoms with Crippen LogP contribution >= 0.6 is 0 Å². The molecule has 3 rings (SSSR count). The number of anilines is 1. The van der Waals surface area contributed by atoms with E-state index >= 15 is 0 Å². The maximum atomic E-state index is 12.4. The van der Waals surface area contributed by atoms with Crippen LogP contribution < -0.4 is 25.0 Å². The Morgan fingerprint density at radius 3 is 2.59 bits per heavy atom. The van der Waals surface area contributed by atoms with E-state index in [9.17, 15) is 9.59 Å². The van der Waals surface area contributed by atoms with Crippen molar-refractivity contribution >= 4 is 23.7 Å². The van der Waals surface area contributed by atoms with Crippen LogP contribution in [0.15, 0.2) is 47.6 Å². The van der Waals surface area contributed by atoms with Crippen LogP contribution in [0, 0.1) is 0 Å². The fourth-order valence-electron chi connectivity index (χ4n) is 3.55. The van der Waals surface area contributed by atoms with E-state index in [2.05, 4.69) is 15.8 Å². The number of benzene rings is 2. The number of carbonyl (C=O) groups is 2. The van der Waals surface area contributed by atoms with Crippen LogP contribution in [0.25, 0.3) is 0 Å². The van der Waals surface area contributed by atoms with Crippen LogP contribution in [0.4, 0.5) is 5.69 Å². The number of ether oxygens (including phenoxy) is 3. The van der Waals surface area contributed by atoms with Crippen molar-refractivity contribution in [2.75, 3.05) is 45.3 Å². The molecule has 0 atom stereocenters. The highest BCUT2D eigenvalue weighted by atomic mass is 16.5. The second-order valence-corrected chi connectivity index (χ2v) is 7.72. The lowest BCUT2D eigenvalue weighted by Crippen LogP contribution is -2.38. The predicted octanol–water partition coefficient (Wildman–Crippen LogP) is 3.05. The molecule has 2 aromatic rings. The third kappa shape index (κ3) is 7.40. The largest absolute Gasteiger partial charge is 0.495 e. The molecule has 2 N–H and O–H groups in total. The van der Waals surface area contributed by atoms with Crippen molar-refractivity contribution < 1.29 is 23.8 Å². The van der Waals surface area contributed by atoms with Gasteiger partial charge in [-0.2, -0.15) is 5.10 Å². The number of piperidine rings is 1. The fourth-order valence-corrected chi connectivity index (χ4v) is 3.55. The molecule has 9 heteroatoms. The van der Waals surface area contributed by atoms with Gasteiger partial charge < -0.3 is 24.4 Å². The van der Waals surface area contributed by atoms with Gasteiger partial charge in [0.05, 0.1) is 32.2 Å². The summed E-state index contributed by atoms with van der Waals surface area (Å²) >= 11 is 0. The predicted molar refractivity (Wildman–Crippen MR) is 131 cm³/mol. The first kappa shape index (κ1) is 24.9. The maximum Gasteiger partial charge on any atom is 0.260 e. The van der Waals surface area contributed by atoms with E-state index in [-0.39, 0.29) is 25.0 Å². The average molecular weight is 469 g/mol. The number of methoxy groups -OCH3 is 1. The summed E-state index contributed by atoms with van der Waals surface area (Å²) in [6, 6.07) is 12.6. The molecule has 0 aliphatic carbocycles. The Balaban J connectivity index is 1.52. The number of rotatable bonds is 11. The number of nitrogens with one attached hydrogen (secondary N) is 2. The topological polar surface area (TPSA) is 101 Å². The number of para-hydroxylation sites is 2. The molecule has 182 valence electrons. The van der Waals surface area contributed by atoms with Gasteiger partial charge in [0.15, 0.2) is 18.1 Å². The first-order valence-corrected chi connectivity index (χ1v) is 11.5. The summed E-state index contributed by atoms with van der Waals surface area (Å²) in [5.41, 5.74) is 3.93. The second-order valence-electron chi connectivity index (χ2n) is 7.72. The van der Waals surface area contributed by atoms with Crippen molar-refractivity contribution in [3.8, 4) is 17.2 Å². The monoisotopic (exact) mass is 468 g/mol. The molecule has 1 aliphatic heterocycles. The molecule has 1 saturated heterocycles. The minimum Gasteiger partial charge on any atom is -0.495 e. The molecule has 0 unspecified atom stereocenters. The highest BCUT2D eigenvalue weighted by Gasteiger charge is 2.17. The maximum absolute atomic E-state index is 12.4. The smallest absolute Gasteiger partial charge is 0.260 e. The van der Waals surface area contributed by atoms with Crippen molar-refractivity contribution in [1.29, 1.82) is 0 Å². The van der Waals surface area contributed by atoms with Gasteiger partial charge in [0, 0.05) is 13.1 Å². The van der Waals surface area contributed by atoms with E-state index < -0.39 is 0 Å². The molecule has 0 aromatic heterocycles. The van der Waals surface area contributed by atoms with Crippen LogP contribution in [0.1, 0.15) is 31.7 Å². The van der Waals surface area contributed by atoms with Crippen LogP contribution in [0.3, 0.4) is 0 Å². The van der Waals surface area contributed by atoms with E-state index in [0.29, 0.717) is 23.9 Å². The number of amides is 2. The van der Waals surface area contributed by atoms with Gasteiger partial charge in [-0.25, -0.2) is 5.43 Å². The molecule has 2 aromatic carbocycles. The van der Waals surface area contributed by atoms with Gasteiger partial charge in [0.25, 0.3) is 11.8 Å². The van der Waals surface area contributed by atoms with Crippen LogP contribution in [-0.2, 0) is 9.59 Å². The normalized spacial score (nSPS) is 13.4. The zero-order valence-electron chi connectivity index (χ0n) is 19.7.